The van der Waals surface area contributed by atoms with E-state index in [0.717, 1.165) is 15.7 Å². The lowest BCUT2D eigenvalue weighted by Crippen LogP contribution is -2.31. The van der Waals surface area contributed by atoms with E-state index in [-0.39, 0.29) is 28.1 Å². The molecule has 0 spiro atoms. The number of hydrogen-bond donors (Lipinski definition) is 2. The first-order valence-corrected chi connectivity index (χ1v) is 15.5. The summed E-state index contributed by atoms with van der Waals surface area (Å²) in [6.07, 6.45) is -1.13. The number of carbonyl (C=O) groups excluding carboxylic acids is 2. The van der Waals surface area contributed by atoms with Gasteiger partial charge >= 0.3 is 27.7 Å². The Morgan fingerprint density at radius 3 is 2.30 bits per heavy atom. The molecule has 3 aromatic rings. The van der Waals surface area contributed by atoms with Crippen molar-refractivity contribution in [3.8, 4) is 11.6 Å². The van der Waals surface area contributed by atoms with Crippen molar-refractivity contribution in [2.45, 2.75) is 71.3 Å². The minimum absolute atomic E-state index is 0.00218. The minimum atomic E-state index is -4.29. The summed E-state index contributed by atoms with van der Waals surface area (Å²) in [7, 11) is -4.29. The molecular weight excluding hydrogens is 662 g/mol. The van der Waals surface area contributed by atoms with Gasteiger partial charge in [-0.05, 0) is 66.4 Å². The van der Waals surface area contributed by atoms with Crippen LogP contribution in [0.25, 0.3) is 0 Å². The second-order valence-corrected chi connectivity index (χ2v) is 12.5. The lowest BCUT2D eigenvalue weighted by Gasteiger charge is -2.18. The number of esters is 2. The highest BCUT2D eigenvalue weighted by molar-refractivity contribution is 9.10. The number of para-hydroxylation sites is 1. The molecular formula is C29H34BrN3O10S. The number of anilines is 1. The van der Waals surface area contributed by atoms with Crippen LogP contribution < -0.4 is 15.6 Å². The summed E-state index contributed by atoms with van der Waals surface area (Å²) in [5.41, 5.74) is 7.86. The van der Waals surface area contributed by atoms with Crippen LogP contribution in [-0.4, -0.2) is 53.8 Å². The summed E-state index contributed by atoms with van der Waals surface area (Å²) in [6.45, 7) is 9.29. The molecule has 0 saturated carbocycles. The molecule has 2 aromatic carbocycles. The summed E-state index contributed by atoms with van der Waals surface area (Å²) in [6, 6.07) is 8.62. The van der Waals surface area contributed by atoms with Crippen LogP contribution in [0.2, 0.25) is 0 Å². The predicted octanol–water partition coefficient (Wildman–Crippen LogP) is 3.76. The van der Waals surface area contributed by atoms with E-state index in [0.29, 0.717) is 16.8 Å². The average molecular weight is 697 g/mol. The monoisotopic (exact) mass is 695 g/mol. The lowest BCUT2D eigenvalue weighted by atomic mass is 10.1. The van der Waals surface area contributed by atoms with E-state index in [1.54, 1.807) is 38.1 Å². The van der Waals surface area contributed by atoms with Crippen molar-refractivity contribution in [2.24, 2.45) is 0 Å². The van der Waals surface area contributed by atoms with Gasteiger partial charge in [0.05, 0.1) is 10.2 Å². The fraction of sp³-hybridized carbons (Fsp3) is 0.379. The number of nitrogens with zero attached hydrogens (tertiary/aromatic N) is 2. The molecule has 1 aromatic heterocycles. The molecule has 44 heavy (non-hydrogen) atoms. The van der Waals surface area contributed by atoms with E-state index in [4.69, 9.17) is 29.2 Å². The van der Waals surface area contributed by atoms with Crippen LogP contribution in [0.4, 0.5) is 5.69 Å². The summed E-state index contributed by atoms with van der Waals surface area (Å²) in [5.74, 6) is -1.37. The topological polar surface area (TPSA) is 186 Å². The summed E-state index contributed by atoms with van der Waals surface area (Å²) in [5, 5.41) is 8.98. The van der Waals surface area contributed by atoms with Crippen LogP contribution >= 0.6 is 15.9 Å². The highest BCUT2D eigenvalue weighted by atomic mass is 79.9. The highest BCUT2D eigenvalue weighted by Crippen LogP contribution is 2.33. The Labute approximate surface area is 263 Å². The molecule has 1 aliphatic rings. The molecule has 15 heteroatoms. The van der Waals surface area contributed by atoms with Crippen LogP contribution in [0.1, 0.15) is 48.8 Å². The summed E-state index contributed by atoms with van der Waals surface area (Å²) < 4.78 is 48.3. The molecule has 1 saturated heterocycles. The largest absolute Gasteiger partial charge is 0.506 e. The number of aromatic nitrogens is 2. The number of aryl methyl sites for hydroxylation is 4. The van der Waals surface area contributed by atoms with Gasteiger partial charge < -0.3 is 29.2 Å². The fourth-order valence-corrected chi connectivity index (χ4v) is 6.45. The lowest BCUT2D eigenvalue weighted by molar-refractivity contribution is -0.155. The van der Waals surface area contributed by atoms with Crippen molar-refractivity contribution in [3.05, 3.63) is 73.7 Å². The molecule has 0 aliphatic carbocycles. The van der Waals surface area contributed by atoms with Gasteiger partial charge in [0.15, 0.2) is 0 Å². The zero-order chi connectivity index (χ0) is 32.9. The van der Waals surface area contributed by atoms with Gasteiger partial charge in [-0.2, -0.15) is 13.4 Å². The van der Waals surface area contributed by atoms with E-state index in [1.165, 1.54) is 20.0 Å². The van der Waals surface area contributed by atoms with E-state index in [2.05, 4.69) is 20.9 Å². The number of carbonyl (C=O) groups is 2. The Morgan fingerprint density at radius 2 is 1.75 bits per heavy atom. The van der Waals surface area contributed by atoms with Crippen molar-refractivity contribution < 1.29 is 41.5 Å². The number of nitrogen functional groups attached to an aromatic ring is 1. The SMILES string of the molecule is CC(=O)OCC1OC(n2cc(Br)c(OS(=O)(=O)c3c(C)cc(C)cc3C)nc2=O)CC1OC(C)=O.Cc1cccc(O)c1N. The second kappa shape index (κ2) is 14.2. The van der Waals surface area contributed by atoms with Crippen LogP contribution in [0.3, 0.4) is 0 Å². The smallest absolute Gasteiger partial charge is 0.353 e. The first kappa shape index (κ1) is 34.5. The number of aromatic hydroxyl groups is 1. The Morgan fingerprint density at radius 1 is 1.11 bits per heavy atom. The van der Waals surface area contributed by atoms with Crippen molar-refractivity contribution in [1.29, 1.82) is 0 Å². The van der Waals surface area contributed by atoms with Crippen LogP contribution in [0.5, 0.6) is 11.6 Å². The fourth-order valence-electron chi connectivity index (χ4n) is 4.63. The minimum Gasteiger partial charge on any atom is -0.506 e. The number of benzene rings is 2. The standard InChI is InChI=1S/C22H25BrN2O9S.C7H9NO/c1-11-6-12(2)20(13(3)7-11)35(29,30)34-21-16(23)9-25(22(28)24-21)19-8-17(32-15(5)27)18(33-19)10-31-14(4)26;1-5-3-2-4-6(9)7(5)8/h6-7,9,17-19H,8,10H2,1-5H3;2-4,9H,8H2,1H3. The normalized spacial score (nSPS) is 17.8. The van der Waals surface area contributed by atoms with Crippen LogP contribution in [-0.2, 0) is 33.9 Å². The Kier molecular flexibility index (Phi) is 11.2. The number of phenols is 1. The maximum atomic E-state index is 13.0. The predicted molar refractivity (Wildman–Crippen MR) is 163 cm³/mol. The molecule has 3 N–H and O–H groups in total. The third kappa shape index (κ3) is 8.57. The molecule has 1 fully saturated rings. The van der Waals surface area contributed by atoms with Gasteiger partial charge in [0, 0.05) is 26.5 Å². The zero-order valence-corrected chi connectivity index (χ0v) is 27.4. The Hall–Kier alpha value is -3.95. The molecule has 13 nitrogen and oxygen atoms in total. The first-order chi connectivity index (χ1) is 20.5. The molecule has 3 atom stereocenters. The van der Waals surface area contributed by atoms with Gasteiger partial charge in [-0.25, -0.2) is 4.79 Å². The average Bonchev–Trinajstić information content (AvgIpc) is 3.28. The number of nitrogens with two attached hydrogens (primary N) is 1. The van der Waals surface area contributed by atoms with Gasteiger partial charge in [-0.15, -0.1) is 0 Å². The van der Waals surface area contributed by atoms with Gasteiger partial charge in [0.25, 0.3) is 5.88 Å². The molecule has 4 rings (SSSR count). The van der Waals surface area contributed by atoms with Crippen LogP contribution in [0, 0.1) is 27.7 Å². The number of halogens is 1. The summed E-state index contributed by atoms with van der Waals surface area (Å²) in [4.78, 5) is 39.2. The quantitative estimate of drug-likeness (QED) is 0.158. The van der Waals surface area contributed by atoms with E-state index >= 15 is 0 Å². The number of phenolic OH excluding ortho intramolecular Hbond substituents is 1. The van der Waals surface area contributed by atoms with E-state index < -0.39 is 52.1 Å². The first-order valence-electron chi connectivity index (χ1n) is 13.3. The molecule has 238 valence electrons. The molecule has 3 unspecified atom stereocenters. The Balaban J connectivity index is 0.000000502. The van der Waals surface area contributed by atoms with E-state index in [1.807, 2.05) is 19.9 Å². The van der Waals surface area contributed by atoms with Crippen molar-refractivity contribution >= 4 is 43.7 Å². The second-order valence-electron chi connectivity index (χ2n) is 10.2. The van der Waals surface area contributed by atoms with Gasteiger partial charge in [0.2, 0.25) is 0 Å². The molecule has 2 heterocycles. The van der Waals surface area contributed by atoms with E-state index in [9.17, 15) is 22.8 Å². The van der Waals surface area contributed by atoms with Crippen molar-refractivity contribution in [3.63, 3.8) is 0 Å². The maximum absolute atomic E-state index is 13.0. The van der Waals surface area contributed by atoms with Crippen molar-refractivity contribution in [1.82, 2.24) is 9.55 Å². The van der Waals surface area contributed by atoms with Gasteiger partial charge in [0.1, 0.15) is 35.7 Å². The maximum Gasteiger partial charge on any atom is 0.353 e. The number of ether oxygens (including phenoxy) is 3. The Bertz CT molecular complexity index is 1680. The third-order valence-electron chi connectivity index (χ3n) is 6.48. The zero-order valence-electron chi connectivity index (χ0n) is 25.0. The molecule has 0 amide bonds. The molecule has 0 radical (unpaired) electrons. The number of hydrogen-bond acceptors (Lipinski definition) is 12. The summed E-state index contributed by atoms with van der Waals surface area (Å²) >= 11 is 3.20. The van der Waals surface area contributed by atoms with Crippen LogP contribution in [0.15, 0.2) is 50.7 Å². The van der Waals surface area contributed by atoms with Gasteiger partial charge in [-0.1, -0.05) is 29.8 Å². The number of rotatable bonds is 7. The highest BCUT2D eigenvalue weighted by Gasteiger charge is 2.40. The van der Waals surface area contributed by atoms with Crippen molar-refractivity contribution in [2.75, 3.05) is 12.3 Å². The molecule has 1 aliphatic heterocycles. The van der Waals surface area contributed by atoms with Gasteiger partial charge in [-0.3, -0.25) is 14.2 Å². The third-order valence-corrected chi connectivity index (χ3v) is 8.54. The molecule has 0 bridgehead atoms.